The van der Waals surface area contributed by atoms with E-state index in [0.717, 1.165) is 11.8 Å². The number of ether oxygens (including phenoxy) is 3. The van der Waals surface area contributed by atoms with Gasteiger partial charge in [0.25, 0.3) is 6.29 Å². The molecule has 1 aliphatic rings. The first-order chi connectivity index (χ1) is 14.9. The first-order valence-electron chi connectivity index (χ1n) is 9.25. The van der Waals surface area contributed by atoms with Crippen molar-refractivity contribution in [1.82, 2.24) is 9.97 Å². The molecule has 10 heteroatoms. The van der Waals surface area contributed by atoms with E-state index in [0.29, 0.717) is 23.1 Å². The molecule has 0 radical (unpaired) electrons. The lowest BCUT2D eigenvalue weighted by molar-refractivity contribution is -0.0338. The standard InChI is InChI=1S/C21H20N4O5S/c1-28-17-9-4-3-8-16(17)20-29-13-19(30-20)24-18-10-11-22-21(25-18)23-14-6-5-7-15(12-14)31(2,26)27/h3-13,20H,1-2H3,(H2,22,23,24,25). The Balaban J connectivity index is 1.44. The Kier molecular flexibility index (Phi) is 5.63. The van der Waals surface area contributed by atoms with Gasteiger partial charge in [-0.1, -0.05) is 18.2 Å². The van der Waals surface area contributed by atoms with Crippen LogP contribution in [-0.4, -0.2) is 31.8 Å². The van der Waals surface area contributed by atoms with E-state index in [1.165, 1.54) is 18.4 Å². The predicted octanol–water partition coefficient (Wildman–Crippen LogP) is 3.59. The van der Waals surface area contributed by atoms with E-state index < -0.39 is 16.1 Å². The Morgan fingerprint density at radius 1 is 1.06 bits per heavy atom. The lowest BCUT2D eigenvalue weighted by Crippen LogP contribution is -2.07. The van der Waals surface area contributed by atoms with Gasteiger partial charge in [0.1, 0.15) is 17.8 Å². The van der Waals surface area contributed by atoms with Crippen LogP contribution in [0.4, 0.5) is 17.5 Å². The van der Waals surface area contributed by atoms with E-state index in [4.69, 9.17) is 14.2 Å². The van der Waals surface area contributed by atoms with Gasteiger partial charge in [0.15, 0.2) is 9.84 Å². The summed E-state index contributed by atoms with van der Waals surface area (Å²) in [6.45, 7) is 0. The Bertz CT molecular complexity index is 1230. The molecule has 1 aromatic heterocycles. The van der Waals surface area contributed by atoms with Gasteiger partial charge in [0.2, 0.25) is 11.8 Å². The second kappa shape index (κ2) is 8.52. The maximum Gasteiger partial charge on any atom is 0.272 e. The smallest absolute Gasteiger partial charge is 0.272 e. The number of methoxy groups -OCH3 is 1. The van der Waals surface area contributed by atoms with Crippen LogP contribution >= 0.6 is 0 Å². The SMILES string of the molecule is COc1ccccc1C1OC=C(Nc2ccnc(Nc3cccc(S(C)(=O)=O)c3)n2)O1. The fraction of sp³-hybridized carbons (Fsp3) is 0.143. The molecular weight excluding hydrogens is 420 g/mol. The van der Waals surface area contributed by atoms with Crippen LogP contribution in [0.5, 0.6) is 5.75 Å². The maximum atomic E-state index is 11.7. The molecule has 1 unspecified atom stereocenters. The molecule has 0 amide bonds. The highest BCUT2D eigenvalue weighted by Crippen LogP contribution is 2.34. The van der Waals surface area contributed by atoms with Gasteiger partial charge in [-0.2, -0.15) is 4.98 Å². The van der Waals surface area contributed by atoms with Crippen molar-refractivity contribution < 1.29 is 22.6 Å². The zero-order chi connectivity index (χ0) is 21.8. The van der Waals surface area contributed by atoms with Gasteiger partial charge in [-0.05, 0) is 36.4 Å². The van der Waals surface area contributed by atoms with E-state index >= 15 is 0 Å². The molecule has 4 rings (SSSR count). The monoisotopic (exact) mass is 440 g/mol. The van der Waals surface area contributed by atoms with Gasteiger partial charge in [0.05, 0.1) is 17.6 Å². The third-order valence-corrected chi connectivity index (χ3v) is 5.46. The van der Waals surface area contributed by atoms with Crippen LogP contribution in [0.3, 0.4) is 0 Å². The summed E-state index contributed by atoms with van der Waals surface area (Å²) in [6, 6.07) is 15.5. The Morgan fingerprint density at radius 2 is 1.90 bits per heavy atom. The number of aromatic nitrogens is 2. The number of sulfone groups is 1. The minimum Gasteiger partial charge on any atom is -0.496 e. The normalized spacial score (nSPS) is 15.4. The number of nitrogens with one attached hydrogen (secondary N) is 2. The topological polar surface area (TPSA) is 112 Å². The number of hydrogen-bond acceptors (Lipinski definition) is 9. The third kappa shape index (κ3) is 4.86. The molecule has 0 spiro atoms. The third-order valence-electron chi connectivity index (χ3n) is 4.35. The van der Waals surface area contributed by atoms with Crippen LogP contribution in [0.15, 0.2) is 77.8 Å². The predicted molar refractivity (Wildman–Crippen MR) is 114 cm³/mol. The zero-order valence-electron chi connectivity index (χ0n) is 16.8. The van der Waals surface area contributed by atoms with Gasteiger partial charge >= 0.3 is 0 Å². The lowest BCUT2D eigenvalue weighted by atomic mass is 10.2. The van der Waals surface area contributed by atoms with Crippen LogP contribution in [0.25, 0.3) is 0 Å². The Morgan fingerprint density at radius 3 is 2.71 bits per heavy atom. The van der Waals surface area contributed by atoms with E-state index in [1.54, 1.807) is 31.5 Å². The molecule has 0 saturated heterocycles. The molecule has 0 aliphatic carbocycles. The summed E-state index contributed by atoms with van der Waals surface area (Å²) in [5.41, 5.74) is 1.31. The molecular formula is C21H20N4O5S. The number of rotatable bonds is 7. The molecule has 9 nitrogen and oxygen atoms in total. The molecule has 2 heterocycles. The molecule has 2 N–H and O–H groups in total. The van der Waals surface area contributed by atoms with Crippen LogP contribution in [0.2, 0.25) is 0 Å². The van der Waals surface area contributed by atoms with Crippen molar-refractivity contribution >= 4 is 27.3 Å². The molecule has 1 aliphatic heterocycles. The van der Waals surface area contributed by atoms with E-state index in [-0.39, 0.29) is 10.8 Å². The molecule has 0 fully saturated rings. The zero-order valence-corrected chi connectivity index (χ0v) is 17.6. The van der Waals surface area contributed by atoms with Crippen LogP contribution < -0.4 is 15.4 Å². The first-order valence-corrected chi connectivity index (χ1v) is 11.1. The van der Waals surface area contributed by atoms with Crippen molar-refractivity contribution in [2.75, 3.05) is 24.0 Å². The number of anilines is 3. The van der Waals surface area contributed by atoms with Crippen LogP contribution in [0.1, 0.15) is 11.9 Å². The number of para-hydroxylation sites is 1. The van der Waals surface area contributed by atoms with Gasteiger partial charge in [0, 0.05) is 18.1 Å². The minimum atomic E-state index is -3.31. The van der Waals surface area contributed by atoms with Crippen molar-refractivity contribution in [2.45, 2.75) is 11.2 Å². The van der Waals surface area contributed by atoms with Gasteiger partial charge in [-0.25, -0.2) is 13.4 Å². The largest absolute Gasteiger partial charge is 0.496 e. The second-order valence-corrected chi connectivity index (χ2v) is 8.64. The van der Waals surface area contributed by atoms with Crippen molar-refractivity contribution in [3.05, 3.63) is 78.5 Å². The molecule has 31 heavy (non-hydrogen) atoms. The number of nitrogens with zero attached hydrogens (tertiary/aromatic N) is 2. The quantitative estimate of drug-likeness (QED) is 0.569. The summed E-state index contributed by atoms with van der Waals surface area (Å²) in [6.07, 6.45) is 3.54. The van der Waals surface area contributed by atoms with Gasteiger partial charge in [-0.15, -0.1) is 0 Å². The van der Waals surface area contributed by atoms with Gasteiger partial charge in [-0.3, -0.25) is 0 Å². The maximum absolute atomic E-state index is 11.7. The summed E-state index contributed by atoms with van der Waals surface area (Å²) in [7, 11) is -1.73. The summed E-state index contributed by atoms with van der Waals surface area (Å²) in [4.78, 5) is 8.74. The average molecular weight is 440 g/mol. The lowest BCUT2D eigenvalue weighted by Gasteiger charge is -2.15. The van der Waals surface area contributed by atoms with Crippen molar-refractivity contribution in [2.24, 2.45) is 0 Å². The summed E-state index contributed by atoms with van der Waals surface area (Å²) < 4.78 is 40.2. The van der Waals surface area contributed by atoms with Crippen molar-refractivity contribution in [1.29, 1.82) is 0 Å². The Hall–Kier alpha value is -3.79. The number of hydrogen-bond donors (Lipinski definition) is 2. The summed E-state index contributed by atoms with van der Waals surface area (Å²) in [5.74, 6) is 1.79. The fourth-order valence-electron chi connectivity index (χ4n) is 2.90. The van der Waals surface area contributed by atoms with Crippen molar-refractivity contribution in [3.63, 3.8) is 0 Å². The molecule has 160 valence electrons. The van der Waals surface area contributed by atoms with Crippen molar-refractivity contribution in [3.8, 4) is 5.75 Å². The Labute approximate surface area is 179 Å². The second-order valence-electron chi connectivity index (χ2n) is 6.63. The molecule has 2 aromatic carbocycles. The molecule has 0 bridgehead atoms. The van der Waals surface area contributed by atoms with E-state index in [2.05, 4.69) is 20.6 Å². The van der Waals surface area contributed by atoms with E-state index in [9.17, 15) is 8.42 Å². The molecule has 1 atom stereocenters. The average Bonchev–Trinajstić information content (AvgIpc) is 3.22. The highest BCUT2D eigenvalue weighted by atomic mass is 32.2. The molecule has 3 aromatic rings. The van der Waals surface area contributed by atoms with Crippen LogP contribution in [0, 0.1) is 0 Å². The highest BCUT2D eigenvalue weighted by molar-refractivity contribution is 7.90. The summed E-state index contributed by atoms with van der Waals surface area (Å²) >= 11 is 0. The van der Waals surface area contributed by atoms with Crippen LogP contribution in [-0.2, 0) is 19.3 Å². The summed E-state index contributed by atoms with van der Waals surface area (Å²) in [5, 5.41) is 6.02. The van der Waals surface area contributed by atoms with Gasteiger partial charge < -0.3 is 24.8 Å². The van der Waals surface area contributed by atoms with E-state index in [1.807, 2.05) is 24.3 Å². The first kappa shape index (κ1) is 20.5. The fourth-order valence-corrected chi connectivity index (χ4v) is 3.57. The molecule has 0 saturated carbocycles. The highest BCUT2D eigenvalue weighted by Gasteiger charge is 2.25. The number of benzene rings is 2. The minimum absolute atomic E-state index is 0.204.